The molecule has 7 nitrogen and oxygen atoms in total. The Bertz CT molecular complexity index is 685. The van der Waals surface area contributed by atoms with E-state index < -0.39 is 34.8 Å². The van der Waals surface area contributed by atoms with Gasteiger partial charge in [-0.3, -0.25) is 14.3 Å². The van der Waals surface area contributed by atoms with Crippen LogP contribution in [0.3, 0.4) is 0 Å². The van der Waals surface area contributed by atoms with Crippen molar-refractivity contribution in [1.29, 1.82) is 0 Å². The molecule has 136 valence electrons. The van der Waals surface area contributed by atoms with E-state index in [0.29, 0.717) is 4.90 Å². The van der Waals surface area contributed by atoms with Gasteiger partial charge in [0.1, 0.15) is 0 Å². The van der Waals surface area contributed by atoms with Crippen LogP contribution in [0.15, 0.2) is 29.2 Å². The Kier molecular flexibility index (Phi) is 6.69. The molecule has 0 heterocycles. The topological polar surface area (TPSA) is 102 Å². The molecule has 0 bridgehead atoms. The average molecular weight is 366 g/mol. The molecule has 0 aliphatic heterocycles. The van der Waals surface area contributed by atoms with Gasteiger partial charge < -0.3 is 10.1 Å². The molecule has 1 aliphatic carbocycles. The molecule has 3 amide bonds. The molecule has 1 aromatic rings. The summed E-state index contributed by atoms with van der Waals surface area (Å²) in [5.41, 5.74) is 0.137. The van der Waals surface area contributed by atoms with E-state index in [0.717, 1.165) is 25.7 Å². The third kappa shape index (κ3) is 5.38. The zero-order valence-electron chi connectivity index (χ0n) is 14.2. The van der Waals surface area contributed by atoms with Crippen molar-refractivity contribution in [2.75, 3.05) is 6.26 Å². The van der Waals surface area contributed by atoms with E-state index in [1.165, 1.54) is 19.2 Å². The van der Waals surface area contributed by atoms with Crippen LogP contribution in [-0.4, -0.2) is 40.5 Å². The van der Waals surface area contributed by atoms with Crippen molar-refractivity contribution in [3.63, 3.8) is 0 Å². The van der Waals surface area contributed by atoms with Crippen LogP contribution in [-0.2, 0) is 20.3 Å². The summed E-state index contributed by atoms with van der Waals surface area (Å²) in [6.45, 7) is 1.38. The van der Waals surface area contributed by atoms with Gasteiger partial charge in [0.25, 0.3) is 5.91 Å². The number of benzene rings is 1. The highest BCUT2D eigenvalue weighted by molar-refractivity contribution is 7.84. The molecule has 8 heteroatoms. The van der Waals surface area contributed by atoms with Crippen molar-refractivity contribution in [2.24, 2.45) is 0 Å². The Morgan fingerprint density at radius 1 is 1.20 bits per heavy atom. The van der Waals surface area contributed by atoms with Crippen LogP contribution in [0.25, 0.3) is 0 Å². The second-order valence-electron chi connectivity index (χ2n) is 5.94. The summed E-state index contributed by atoms with van der Waals surface area (Å²) in [6.07, 6.45) is 4.22. The van der Waals surface area contributed by atoms with Crippen molar-refractivity contribution in [3.8, 4) is 0 Å². The zero-order valence-corrected chi connectivity index (χ0v) is 15.1. The van der Waals surface area contributed by atoms with E-state index in [4.69, 9.17) is 4.74 Å². The average Bonchev–Trinajstić information content (AvgIpc) is 3.07. The Balaban J connectivity index is 1.91. The van der Waals surface area contributed by atoms with Gasteiger partial charge in [0.05, 0.1) is 21.3 Å². The quantitative estimate of drug-likeness (QED) is 0.773. The first kappa shape index (κ1) is 19.1. The first-order valence-electron chi connectivity index (χ1n) is 8.13. The third-order valence-corrected chi connectivity index (χ3v) is 4.97. The molecule has 0 spiro atoms. The van der Waals surface area contributed by atoms with Gasteiger partial charge >= 0.3 is 12.0 Å². The summed E-state index contributed by atoms with van der Waals surface area (Å²) in [6, 6.07) is 5.82. The fraction of sp³-hybridized carbons (Fsp3) is 0.471. The molecule has 0 unspecified atom stereocenters. The maximum atomic E-state index is 12.2. The van der Waals surface area contributed by atoms with Gasteiger partial charge in [-0.1, -0.05) is 25.0 Å². The minimum atomic E-state index is -1.36. The summed E-state index contributed by atoms with van der Waals surface area (Å²) in [7, 11) is -1.36. The van der Waals surface area contributed by atoms with Crippen LogP contribution in [0, 0.1) is 0 Å². The van der Waals surface area contributed by atoms with Crippen molar-refractivity contribution >= 4 is 28.7 Å². The highest BCUT2D eigenvalue weighted by Gasteiger charge is 2.24. The summed E-state index contributed by atoms with van der Waals surface area (Å²) in [4.78, 5) is 36.3. The number of rotatable bonds is 5. The summed E-state index contributed by atoms with van der Waals surface area (Å²) in [5, 5.41) is 4.90. The SMILES string of the molecule is C[C@H](OC(=O)c1ccccc1[S@](C)=O)C(=O)NC(=O)NC1CCCC1. The van der Waals surface area contributed by atoms with E-state index in [9.17, 15) is 18.6 Å². The smallest absolute Gasteiger partial charge is 0.340 e. The van der Waals surface area contributed by atoms with Gasteiger partial charge in [0.2, 0.25) is 0 Å². The molecule has 2 rings (SSSR count). The highest BCUT2D eigenvalue weighted by atomic mass is 32.2. The van der Waals surface area contributed by atoms with E-state index in [1.54, 1.807) is 18.2 Å². The van der Waals surface area contributed by atoms with Gasteiger partial charge in [-0.25, -0.2) is 9.59 Å². The number of carbonyl (C=O) groups excluding carboxylic acids is 3. The fourth-order valence-corrected chi connectivity index (χ4v) is 3.40. The zero-order chi connectivity index (χ0) is 18.4. The molecule has 1 fully saturated rings. The van der Waals surface area contributed by atoms with Gasteiger partial charge in [-0.05, 0) is 31.9 Å². The lowest BCUT2D eigenvalue weighted by Gasteiger charge is -2.16. The molecular formula is C17H22N2O5S. The maximum absolute atomic E-state index is 12.2. The molecule has 1 aliphatic rings. The molecular weight excluding hydrogens is 344 g/mol. The Labute approximate surface area is 149 Å². The van der Waals surface area contributed by atoms with Crippen molar-refractivity contribution in [3.05, 3.63) is 29.8 Å². The predicted octanol–water partition coefficient (Wildman–Crippen LogP) is 1.74. The lowest BCUT2D eigenvalue weighted by Crippen LogP contribution is -2.47. The minimum Gasteiger partial charge on any atom is -0.449 e. The number of urea groups is 1. The third-order valence-electron chi connectivity index (χ3n) is 4.00. The van der Waals surface area contributed by atoms with Gasteiger partial charge in [-0.15, -0.1) is 0 Å². The van der Waals surface area contributed by atoms with Crippen LogP contribution >= 0.6 is 0 Å². The Hall–Kier alpha value is -2.22. The van der Waals surface area contributed by atoms with Crippen LogP contribution in [0.4, 0.5) is 4.79 Å². The van der Waals surface area contributed by atoms with Crippen LogP contribution < -0.4 is 10.6 Å². The van der Waals surface area contributed by atoms with Crippen LogP contribution in [0.5, 0.6) is 0 Å². The second-order valence-corrected chi connectivity index (χ2v) is 7.29. The number of amides is 3. The standard InChI is InChI=1S/C17H22N2O5S/c1-11(15(20)19-17(22)18-12-7-3-4-8-12)24-16(21)13-9-5-6-10-14(13)25(2)23/h5-6,9-12H,3-4,7-8H2,1-2H3,(H2,18,19,20,22)/t11-,25-/m0/s1. The summed E-state index contributed by atoms with van der Waals surface area (Å²) >= 11 is 0. The second kappa shape index (κ2) is 8.75. The molecule has 2 atom stereocenters. The van der Waals surface area contributed by atoms with Crippen LogP contribution in [0.2, 0.25) is 0 Å². The molecule has 1 aromatic carbocycles. The number of hydrogen-bond donors (Lipinski definition) is 2. The van der Waals surface area contributed by atoms with Crippen LogP contribution in [0.1, 0.15) is 43.0 Å². The van der Waals surface area contributed by atoms with Gasteiger partial charge in [-0.2, -0.15) is 0 Å². The number of imide groups is 1. The number of hydrogen-bond acceptors (Lipinski definition) is 5. The number of ether oxygens (including phenoxy) is 1. The number of nitrogens with one attached hydrogen (secondary N) is 2. The van der Waals surface area contributed by atoms with Gasteiger partial charge in [0, 0.05) is 12.3 Å². The summed E-state index contributed by atoms with van der Waals surface area (Å²) in [5.74, 6) is -1.47. The molecule has 0 saturated heterocycles. The van der Waals surface area contributed by atoms with E-state index in [-0.39, 0.29) is 11.6 Å². The van der Waals surface area contributed by atoms with E-state index >= 15 is 0 Å². The van der Waals surface area contributed by atoms with E-state index in [1.807, 2.05) is 0 Å². The molecule has 1 saturated carbocycles. The maximum Gasteiger partial charge on any atom is 0.340 e. The normalized spacial score (nSPS) is 16.7. The van der Waals surface area contributed by atoms with Crippen molar-refractivity contribution in [1.82, 2.24) is 10.6 Å². The van der Waals surface area contributed by atoms with Crippen molar-refractivity contribution < 1.29 is 23.3 Å². The Morgan fingerprint density at radius 2 is 1.84 bits per heavy atom. The number of esters is 1. The summed E-state index contributed by atoms with van der Waals surface area (Å²) < 4.78 is 16.8. The fourth-order valence-electron chi connectivity index (χ4n) is 2.67. The molecule has 2 N–H and O–H groups in total. The molecule has 0 aromatic heterocycles. The first-order valence-corrected chi connectivity index (χ1v) is 9.69. The minimum absolute atomic E-state index is 0.0806. The lowest BCUT2D eigenvalue weighted by atomic mass is 10.2. The monoisotopic (exact) mass is 366 g/mol. The van der Waals surface area contributed by atoms with E-state index in [2.05, 4.69) is 10.6 Å². The Morgan fingerprint density at radius 3 is 2.48 bits per heavy atom. The predicted molar refractivity (Wildman–Crippen MR) is 92.6 cm³/mol. The molecule has 0 radical (unpaired) electrons. The first-order chi connectivity index (χ1) is 11.9. The lowest BCUT2D eigenvalue weighted by molar-refractivity contribution is -0.127. The van der Waals surface area contributed by atoms with Crippen molar-refractivity contribution in [2.45, 2.75) is 49.6 Å². The highest BCUT2D eigenvalue weighted by Crippen LogP contribution is 2.17. The van der Waals surface area contributed by atoms with Gasteiger partial charge in [0.15, 0.2) is 6.10 Å². The largest absolute Gasteiger partial charge is 0.449 e. The number of carbonyl (C=O) groups is 3. The molecule has 25 heavy (non-hydrogen) atoms.